The van der Waals surface area contributed by atoms with E-state index in [0.29, 0.717) is 0 Å². The number of H-pyrrole nitrogens is 1. The van der Waals surface area contributed by atoms with Crippen molar-refractivity contribution in [3.05, 3.63) is 30.5 Å². The van der Waals surface area contributed by atoms with Crippen LogP contribution in [0.3, 0.4) is 0 Å². The number of nitrogens with one attached hydrogen (secondary N) is 2. The minimum atomic E-state index is 0.125. The normalized spacial score (nSPS) is 20.1. The third kappa shape index (κ3) is 2.63. The van der Waals surface area contributed by atoms with E-state index in [1.807, 2.05) is 24.3 Å². The second-order valence-corrected chi connectivity index (χ2v) is 6.11. The summed E-state index contributed by atoms with van der Waals surface area (Å²) < 4.78 is 0. The van der Waals surface area contributed by atoms with Crippen molar-refractivity contribution in [2.45, 2.75) is 25.3 Å². The van der Waals surface area contributed by atoms with Gasteiger partial charge in [0.2, 0.25) is 5.95 Å². The van der Waals surface area contributed by atoms with Crippen LogP contribution in [-0.4, -0.2) is 26.2 Å². The monoisotopic (exact) mass is 319 g/mol. The number of rotatable bonds is 3. The van der Waals surface area contributed by atoms with E-state index in [-0.39, 0.29) is 17.9 Å². The lowest BCUT2D eigenvalue weighted by Gasteiger charge is -2.15. The van der Waals surface area contributed by atoms with Gasteiger partial charge in [0.15, 0.2) is 0 Å². The number of aromatic nitrogens is 4. The molecular formula is C17H17N7. The molecule has 0 aliphatic heterocycles. The maximum absolute atomic E-state index is 9.06. The second kappa shape index (κ2) is 5.81. The van der Waals surface area contributed by atoms with E-state index >= 15 is 0 Å². The van der Waals surface area contributed by atoms with Crippen LogP contribution in [0.2, 0.25) is 0 Å². The Kier molecular flexibility index (Phi) is 3.50. The number of aromatic amines is 1. The van der Waals surface area contributed by atoms with Crippen molar-refractivity contribution in [1.29, 1.82) is 5.26 Å². The fourth-order valence-corrected chi connectivity index (χ4v) is 3.27. The van der Waals surface area contributed by atoms with E-state index in [0.717, 1.165) is 47.2 Å². The smallest absolute Gasteiger partial charge is 0.222 e. The standard InChI is InChI=1S/C17H17N7/c18-9-10-1-3-12(7-10)21-16-13-4-2-11(14-5-6-20-24-14)8-15(13)22-17(19)23-16/h2,4-6,8,10,12H,1,3,7H2,(H,20,24)(H3,19,21,22,23)/t10-,12-/m0/s1. The van der Waals surface area contributed by atoms with E-state index in [2.05, 4.69) is 31.6 Å². The van der Waals surface area contributed by atoms with Crippen molar-refractivity contribution in [3.8, 4) is 17.3 Å². The van der Waals surface area contributed by atoms with Gasteiger partial charge in [0, 0.05) is 29.1 Å². The van der Waals surface area contributed by atoms with E-state index in [1.165, 1.54) is 0 Å². The number of fused-ring (bicyclic) bond motifs is 1. The zero-order valence-corrected chi connectivity index (χ0v) is 13.0. The van der Waals surface area contributed by atoms with Gasteiger partial charge < -0.3 is 11.1 Å². The number of nitrogens with two attached hydrogens (primary N) is 1. The Bertz CT molecular complexity index is 911. The lowest BCUT2D eigenvalue weighted by Crippen LogP contribution is -2.17. The molecule has 3 aromatic rings. The molecule has 24 heavy (non-hydrogen) atoms. The van der Waals surface area contributed by atoms with Gasteiger partial charge >= 0.3 is 0 Å². The average molecular weight is 319 g/mol. The van der Waals surface area contributed by atoms with Crippen molar-refractivity contribution in [1.82, 2.24) is 20.2 Å². The highest BCUT2D eigenvalue weighted by atomic mass is 15.1. The van der Waals surface area contributed by atoms with Crippen LogP contribution >= 0.6 is 0 Å². The topological polar surface area (TPSA) is 116 Å². The molecule has 2 aromatic heterocycles. The molecule has 1 fully saturated rings. The van der Waals surface area contributed by atoms with Gasteiger partial charge in [-0.15, -0.1) is 0 Å². The van der Waals surface area contributed by atoms with Gasteiger partial charge in [-0.05, 0) is 37.5 Å². The third-order valence-corrected chi connectivity index (χ3v) is 4.48. The molecule has 0 amide bonds. The summed E-state index contributed by atoms with van der Waals surface area (Å²) in [5.74, 6) is 1.10. The maximum Gasteiger partial charge on any atom is 0.222 e. The van der Waals surface area contributed by atoms with Gasteiger partial charge in [0.05, 0.1) is 17.3 Å². The first-order chi connectivity index (χ1) is 11.7. The fourth-order valence-electron chi connectivity index (χ4n) is 3.27. The number of nitrogens with zero attached hydrogens (tertiary/aromatic N) is 4. The van der Waals surface area contributed by atoms with E-state index < -0.39 is 0 Å². The predicted molar refractivity (Wildman–Crippen MR) is 91.9 cm³/mol. The molecule has 2 atom stereocenters. The molecule has 120 valence electrons. The van der Waals surface area contributed by atoms with E-state index in [1.54, 1.807) is 6.20 Å². The van der Waals surface area contributed by atoms with Crippen molar-refractivity contribution >= 4 is 22.7 Å². The molecule has 1 saturated carbocycles. The Labute approximate surface area is 138 Å². The van der Waals surface area contributed by atoms with Gasteiger partial charge in [-0.3, -0.25) is 5.10 Å². The minimum Gasteiger partial charge on any atom is -0.368 e. The highest BCUT2D eigenvalue weighted by Gasteiger charge is 2.25. The zero-order chi connectivity index (χ0) is 16.5. The number of hydrogen-bond donors (Lipinski definition) is 3. The molecule has 0 radical (unpaired) electrons. The van der Waals surface area contributed by atoms with Gasteiger partial charge in [-0.25, -0.2) is 4.98 Å². The van der Waals surface area contributed by atoms with Crippen LogP contribution in [0.5, 0.6) is 0 Å². The Morgan fingerprint density at radius 3 is 2.92 bits per heavy atom. The van der Waals surface area contributed by atoms with Crippen molar-refractivity contribution in [2.24, 2.45) is 5.92 Å². The largest absolute Gasteiger partial charge is 0.368 e. The Morgan fingerprint density at radius 1 is 1.25 bits per heavy atom. The molecule has 1 aromatic carbocycles. The van der Waals surface area contributed by atoms with Crippen LogP contribution in [0.25, 0.3) is 22.2 Å². The molecule has 1 aliphatic carbocycles. The van der Waals surface area contributed by atoms with Crippen LogP contribution in [0.4, 0.5) is 11.8 Å². The summed E-state index contributed by atoms with van der Waals surface area (Å²) in [6.07, 6.45) is 4.45. The Morgan fingerprint density at radius 2 is 2.17 bits per heavy atom. The number of nitriles is 1. The average Bonchev–Trinajstić information content (AvgIpc) is 3.25. The van der Waals surface area contributed by atoms with Gasteiger partial charge in [0.25, 0.3) is 0 Å². The Hall–Kier alpha value is -3.14. The first-order valence-corrected chi connectivity index (χ1v) is 7.96. The van der Waals surface area contributed by atoms with Gasteiger partial charge in [0.1, 0.15) is 5.82 Å². The van der Waals surface area contributed by atoms with E-state index in [4.69, 9.17) is 11.0 Å². The molecule has 7 nitrogen and oxygen atoms in total. The maximum atomic E-state index is 9.06. The first-order valence-electron chi connectivity index (χ1n) is 7.96. The van der Waals surface area contributed by atoms with Crippen molar-refractivity contribution < 1.29 is 0 Å². The number of hydrogen-bond acceptors (Lipinski definition) is 6. The summed E-state index contributed by atoms with van der Waals surface area (Å²) in [6.45, 7) is 0. The van der Waals surface area contributed by atoms with E-state index in [9.17, 15) is 0 Å². The highest BCUT2D eigenvalue weighted by molar-refractivity contribution is 5.92. The summed E-state index contributed by atoms with van der Waals surface area (Å²) in [5, 5.41) is 20.3. The van der Waals surface area contributed by atoms with Crippen LogP contribution < -0.4 is 11.1 Å². The van der Waals surface area contributed by atoms with Crippen LogP contribution in [-0.2, 0) is 0 Å². The van der Waals surface area contributed by atoms with Crippen molar-refractivity contribution in [3.63, 3.8) is 0 Å². The SMILES string of the molecule is N#C[C@H]1CC[C@H](Nc2nc(N)nc3cc(-c4ccn[nH]4)ccc23)C1. The molecule has 4 rings (SSSR count). The molecule has 0 unspecified atom stereocenters. The summed E-state index contributed by atoms with van der Waals surface area (Å²) >= 11 is 0. The lowest BCUT2D eigenvalue weighted by atomic mass is 10.1. The molecule has 0 saturated heterocycles. The van der Waals surface area contributed by atoms with Crippen molar-refractivity contribution in [2.75, 3.05) is 11.1 Å². The predicted octanol–water partition coefficient (Wildman–Crippen LogP) is 2.71. The molecule has 7 heteroatoms. The molecule has 4 N–H and O–H groups in total. The highest BCUT2D eigenvalue weighted by Crippen LogP contribution is 2.31. The lowest BCUT2D eigenvalue weighted by molar-refractivity contribution is 0.683. The molecule has 0 bridgehead atoms. The molecule has 0 spiro atoms. The summed E-state index contributed by atoms with van der Waals surface area (Å²) in [4.78, 5) is 8.71. The summed E-state index contributed by atoms with van der Waals surface area (Å²) in [5.41, 5.74) is 8.59. The Balaban J connectivity index is 1.70. The zero-order valence-electron chi connectivity index (χ0n) is 13.0. The number of nitrogen functional groups attached to an aromatic ring is 1. The van der Waals surface area contributed by atoms with Crippen LogP contribution in [0.1, 0.15) is 19.3 Å². The summed E-state index contributed by atoms with van der Waals surface area (Å²) in [6, 6.07) is 10.5. The second-order valence-electron chi connectivity index (χ2n) is 6.11. The molecule has 2 heterocycles. The number of anilines is 2. The van der Waals surface area contributed by atoms with Gasteiger partial charge in [-0.1, -0.05) is 6.07 Å². The number of benzene rings is 1. The molecular weight excluding hydrogens is 302 g/mol. The quantitative estimate of drug-likeness (QED) is 0.683. The summed E-state index contributed by atoms with van der Waals surface area (Å²) in [7, 11) is 0. The van der Waals surface area contributed by atoms with Gasteiger partial charge in [-0.2, -0.15) is 15.3 Å². The fraction of sp³-hybridized carbons (Fsp3) is 0.294. The first kappa shape index (κ1) is 14.5. The van der Waals surface area contributed by atoms with Crippen LogP contribution in [0.15, 0.2) is 30.5 Å². The minimum absolute atomic E-state index is 0.125. The molecule has 1 aliphatic rings. The van der Waals surface area contributed by atoms with Crippen LogP contribution in [0, 0.1) is 17.2 Å². The third-order valence-electron chi connectivity index (χ3n) is 4.48.